The number of hydrogen-bond donors (Lipinski definition) is 0. The molecule has 5 rings (SSSR count). The summed E-state index contributed by atoms with van der Waals surface area (Å²) in [5.74, 6) is 7.02. The molecule has 0 amide bonds. The molecule has 142 valence electrons. The molecule has 0 unspecified atom stereocenters. The first kappa shape index (κ1) is 18.3. The summed E-state index contributed by atoms with van der Waals surface area (Å²) in [7, 11) is 0. The van der Waals surface area contributed by atoms with E-state index in [1.54, 1.807) is 18.5 Å². The molecule has 0 saturated carbocycles. The molecule has 0 fully saturated rings. The van der Waals surface area contributed by atoms with Crippen molar-refractivity contribution < 1.29 is 4.39 Å². The van der Waals surface area contributed by atoms with E-state index in [2.05, 4.69) is 64.7 Å². The average molecular weight is 441 g/mol. The van der Waals surface area contributed by atoms with Crippen LogP contribution in [0.2, 0.25) is 17.3 Å². The van der Waals surface area contributed by atoms with Gasteiger partial charge in [-0.15, -0.1) is 0 Å². The van der Waals surface area contributed by atoms with Gasteiger partial charge in [-0.2, -0.15) is 0 Å². The third kappa shape index (κ3) is 3.01. The molecule has 0 spiro atoms. The van der Waals surface area contributed by atoms with Crippen LogP contribution in [0.4, 0.5) is 4.39 Å². The van der Waals surface area contributed by atoms with Crippen LogP contribution in [0.5, 0.6) is 0 Å². The van der Waals surface area contributed by atoms with Crippen molar-refractivity contribution in [1.29, 1.82) is 0 Å². The molecule has 0 aliphatic carbocycles. The number of aromatic nitrogens is 2. The third-order valence-electron chi connectivity index (χ3n) is 5.55. The van der Waals surface area contributed by atoms with Gasteiger partial charge in [0.15, 0.2) is 0 Å². The first-order chi connectivity index (χ1) is 13.9. The van der Waals surface area contributed by atoms with Crippen LogP contribution in [0.3, 0.4) is 0 Å². The van der Waals surface area contributed by atoms with E-state index in [-0.39, 0.29) is 5.82 Å². The third-order valence-corrected chi connectivity index (χ3v) is 9.77. The number of rotatable bonds is 2. The Balaban J connectivity index is 1.95. The zero-order chi connectivity index (χ0) is 20.2. The van der Waals surface area contributed by atoms with Crippen LogP contribution in [0.1, 0.15) is 0 Å². The second-order valence-corrected chi connectivity index (χ2v) is 19.1. The molecule has 5 aromatic rings. The molecule has 0 aliphatic rings. The van der Waals surface area contributed by atoms with E-state index < -0.39 is 13.3 Å². The molecular weight excluding hydrogens is 420 g/mol. The van der Waals surface area contributed by atoms with Crippen molar-refractivity contribution in [3.63, 3.8) is 0 Å². The molecule has 0 bridgehead atoms. The van der Waals surface area contributed by atoms with E-state index in [0.717, 1.165) is 22.2 Å². The fourth-order valence-corrected chi connectivity index (χ4v) is 7.49. The standard InChI is InChI=1S/C25H21FGeN2/c1-27(2,3)22-14-17-6-4-5-7-19(17)20-12-13-21-24(16-8-10-18(26)11-9-16)28-15-29-25(21)23(20)22/h4-15H,1-3H3. The summed E-state index contributed by atoms with van der Waals surface area (Å²) in [6.45, 7) is 0. The van der Waals surface area contributed by atoms with Crippen molar-refractivity contribution in [2.24, 2.45) is 0 Å². The topological polar surface area (TPSA) is 25.8 Å². The summed E-state index contributed by atoms with van der Waals surface area (Å²) in [5.41, 5.74) is 2.73. The van der Waals surface area contributed by atoms with Crippen LogP contribution in [-0.4, -0.2) is 23.2 Å². The average Bonchev–Trinajstić information content (AvgIpc) is 2.72. The fourth-order valence-electron chi connectivity index (χ4n) is 4.15. The van der Waals surface area contributed by atoms with Crippen LogP contribution in [0, 0.1) is 5.82 Å². The maximum atomic E-state index is 13.4. The number of nitrogens with zero attached hydrogens (tertiary/aromatic N) is 2. The molecule has 0 atom stereocenters. The molecule has 0 N–H and O–H groups in total. The minimum absolute atomic E-state index is 0.243. The predicted molar refractivity (Wildman–Crippen MR) is 123 cm³/mol. The Morgan fingerprint density at radius 1 is 0.759 bits per heavy atom. The van der Waals surface area contributed by atoms with E-state index in [1.807, 2.05) is 0 Å². The summed E-state index contributed by atoms with van der Waals surface area (Å²) in [6.07, 6.45) is 1.63. The van der Waals surface area contributed by atoms with Crippen LogP contribution >= 0.6 is 0 Å². The van der Waals surface area contributed by atoms with Gasteiger partial charge in [0.05, 0.1) is 0 Å². The number of hydrogen-bond acceptors (Lipinski definition) is 2. The van der Waals surface area contributed by atoms with E-state index in [4.69, 9.17) is 4.98 Å². The molecule has 29 heavy (non-hydrogen) atoms. The van der Waals surface area contributed by atoms with Crippen molar-refractivity contribution in [3.8, 4) is 11.3 Å². The van der Waals surface area contributed by atoms with E-state index in [9.17, 15) is 4.39 Å². The summed E-state index contributed by atoms with van der Waals surface area (Å²) < 4.78 is 14.9. The number of benzene rings is 4. The second-order valence-electron chi connectivity index (χ2n) is 8.51. The summed E-state index contributed by atoms with van der Waals surface area (Å²) in [6, 6.07) is 21.8. The maximum absolute atomic E-state index is 13.4. The Morgan fingerprint density at radius 2 is 1.48 bits per heavy atom. The number of fused-ring (bicyclic) bond motifs is 5. The van der Waals surface area contributed by atoms with Gasteiger partial charge >= 0.3 is 172 Å². The van der Waals surface area contributed by atoms with Gasteiger partial charge in [-0.05, 0) is 0 Å². The quantitative estimate of drug-likeness (QED) is 0.238. The first-order valence-electron chi connectivity index (χ1n) is 9.79. The molecule has 4 heteroatoms. The Labute approximate surface area is 171 Å². The molecule has 4 aromatic carbocycles. The first-order valence-corrected chi connectivity index (χ1v) is 17.1. The van der Waals surface area contributed by atoms with Gasteiger partial charge in [-0.3, -0.25) is 0 Å². The molecule has 0 saturated heterocycles. The zero-order valence-electron chi connectivity index (χ0n) is 16.7. The normalized spacial score (nSPS) is 12.1. The van der Waals surface area contributed by atoms with Crippen LogP contribution in [0.15, 0.2) is 73.1 Å². The zero-order valence-corrected chi connectivity index (χ0v) is 18.8. The molecule has 2 nitrogen and oxygen atoms in total. The van der Waals surface area contributed by atoms with Crippen molar-refractivity contribution in [2.45, 2.75) is 17.3 Å². The van der Waals surface area contributed by atoms with Gasteiger partial charge in [0.1, 0.15) is 0 Å². The molecule has 1 aromatic heterocycles. The Hall–Kier alpha value is -2.79. The van der Waals surface area contributed by atoms with E-state index >= 15 is 0 Å². The summed E-state index contributed by atoms with van der Waals surface area (Å²) in [4.78, 5) is 9.29. The summed E-state index contributed by atoms with van der Waals surface area (Å²) in [5, 5.41) is 6.04. The predicted octanol–water partition coefficient (Wildman–Crippen LogP) is 6.29. The van der Waals surface area contributed by atoms with Gasteiger partial charge in [0.25, 0.3) is 0 Å². The van der Waals surface area contributed by atoms with Gasteiger partial charge in [0.2, 0.25) is 0 Å². The molecule has 1 heterocycles. The van der Waals surface area contributed by atoms with Gasteiger partial charge in [0, 0.05) is 0 Å². The minimum atomic E-state index is -2.21. The fraction of sp³-hybridized carbons (Fsp3) is 0.120. The van der Waals surface area contributed by atoms with Gasteiger partial charge in [-0.1, -0.05) is 0 Å². The number of halogens is 1. The Morgan fingerprint density at radius 3 is 2.24 bits per heavy atom. The molecule has 0 aliphatic heterocycles. The van der Waals surface area contributed by atoms with Gasteiger partial charge in [-0.25, -0.2) is 0 Å². The monoisotopic (exact) mass is 442 g/mol. The summed E-state index contributed by atoms with van der Waals surface area (Å²) >= 11 is -2.21. The molecular formula is C25H21FGeN2. The SMILES string of the molecule is [CH3][Ge]([CH3])([CH3])[c]1cc2ccccc2c2ccc3c(-c4ccc(F)cc4)ncnc3c12. The molecule has 0 radical (unpaired) electrons. The van der Waals surface area contributed by atoms with Crippen LogP contribution < -0.4 is 4.40 Å². The Kier molecular flexibility index (Phi) is 4.17. The van der Waals surface area contributed by atoms with E-state index in [0.29, 0.717) is 0 Å². The van der Waals surface area contributed by atoms with Crippen molar-refractivity contribution in [2.75, 3.05) is 0 Å². The van der Waals surface area contributed by atoms with Crippen LogP contribution in [0.25, 0.3) is 43.7 Å². The second kappa shape index (κ2) is 6.63. The van der Waals surface area contributed by atoms with Crippen LogP contribution in [-0.2, 0) is 0 Å². The van der Waals surface area contributed by atoms with Crippen molar-refractivity contribution >= 4 is 50.1 Å². The van der Waals surface area contributed by atoms with Crippen molar-refractivity contribution in [3.05, 3.63) is 78.9 Å². The van der Waals surface area contributed by atoms with Crippen molar-refractivity contribution in [1.82, 2.24) is 9.97 Å². The van der Waals surface area contributed by atoms with Gasteiger partial charge < -0.3 is 0 Å². The Bertz CT molecular complexity index is 1390. The van der Waals surface area contributed by atoms with E-state index in [1.165, 1.54) is 38.1 Å².